The van der Waals surface area contributed by atoms with Gasteiger partial charge in [-0.2, -0.15) is 5.10 Å². The minimum atomic E-state index is 0.416. The Kier molecular flexibility index (Phi) is 5.18. The maximum absolute atomic E-state index is 6.18. The summed E-state index contributed by atoms with van der Waals surface area (Å²) in [4.78, 5) is 4.31. The maximum atomic E-state index is 6.18. The Hall–Kier alpha value is -2.37. The molecular weight excluding hydrogens is 348 g/mol. The van der Waals surface area contributed by atoms with Crippen LogP contribution in [-0.4, -0.2) is 27.9 Å². The molecule has 0 amide bonds. The number of pyridine rings is 1. The van der Waals surface area contributed by atoms with Gasteiger partial charge in [0, 0.05) is 34.1 Å². The van der Waals surface area contributed by atoms with Crippen molar-refractivity contribution in [2.24, 2.45) is 0 Å². The van der Waals surface area contributed by atoms with Crippen LogP contribution in [0.3, 0.4) is 0 Å². The molecule has 134 valence electrons. The quantitative estimate of drug-likeness (QED) is 0.736. The van der Waals surface area contributed by atoms with Crippen molar-refractivity contribution >= 4 is 11.6 Å². The van der Waals surface area contributed by atoms with E-state index in [0.29, 0.717) is 17.7 Å². The van der Waals surface area contributed by atoms with Gasteiger partial charge in [-0.05, 0) is 38.1 Å². The van der Waals surface area contributed by atoms with Gasteiger partial charge in [0.15, 0.2) is 0 Å². The van der Waals surface area contributed by atoms with Gasteiger partial charge in [0.05, 0.1) is 18.4 Å². The normalized spacial score (nSPS) is 15.1. The lowest BCUT2D eigenvalue weighted by atomic mass is 10.1. The molecule has 0 saturated carbocycles. The molecule has 1 N–H and O–H groups in total. The van der Waals surface area contributed by atoms with E-state index in [1.165, 1.54) is 0 Å². The number of hydrogen-bond donors (Lipinski definition) is 1. The zero-order valence-corrected chi connectivity index (χ0v) is 15.2. The van der Waals surface area contributed by atoms with Gasteiger partial charge in [-0.3, -0.25) is 9.67 Å². The summed E-state index contributed by atoms with van der Waals surface area (Å²) in [5.41, 5.74) is 3.01. The van der Waals surface area contributed by atoms with Crippen LogP contribution >= 0.6 is 11.6 Å². The summed E-state index contributed by atoms with van der Waals surface area (Å²) in [6, 6.07) is 10.2. The number of nitrogens with zero attached hydrogens (tertiary/aromatic N) is 3. The zero-order valence-electron chi connectivity index (χ0n) is 14.4. The van der Waals surface area contributed by atoms with Crippen molar-refractivity contribution in [3.63, 3.8) is 0 Å². The lowest BCUT2D eigenvalue weighted by Gasteiger charge is -2.22. The van der Waals surface area contributed by atoms with E-state index in [0.717, 1.165) is 48.4 Å². The van der Waals surface area contributed by atoms with Gasteiger partial charge in [0.2, 0.25) is 0 Å². The van der Waals surface area contributed by atoms with Crippen LogP contribution in [-0.2, 0) is 6.61 Å². The van der Waals surface area contributed by atoms with Crippen molar-refractivity contribution in [1.82, 2.24) is 20.1 Å². The molecule has 0 radical (unpaired) electrons. The first kappa shape index (κ1) is 17.1. The second-order valence-corrected chi connectivity index (χ2v) is 6.89. The van der Waals surface area contributed by atoms with Gasteiger partial charge in [0.1, 0.15) is 12.4 Å². The molecule has 5 nitrogen and oxygen atoms in total. The second kappa shape index (κ2) is 7.89. The smallest absolute Gasteiger partial charge is 0.138 e. The van der Waals surface area contributed by atoms with Crippen LogP contribution in [0.5, 0.6) is 5.75 Å². The number of halogens is 1. The maximum Gasteiger partial charge on any atom is 0.138 e. The number of aromatic nitrogens is 3. The summed E-state index contributed by atoms with van der Waals surface area (Å²) in [6.45, 7) is 2.51. The fraction of sp³-hybridized carbons (Fsp3) is 0.300. The van der Waals surface area contributed by atoms with Crippen LogP contribution < -0.4 is 10.1 Å². The first-order valence-electron chi connectivity index (χ1n) is 8.86. The molecule has 0 bridgehead atoms. The molecule has 2 aromatic heterocycles. The van der Waals surface area contributed by atoms with Crippen LogP contribution in [0.1, 0.15) is 24.4 Å². The van der Waals surface area contributed by atoms with Crippen LogP contribution in [0.4, 0.5) is 0 Å². The van der Waals surface area contributed by atoms with E-state index < -0.39 is 0 Å². The van der Waals surface area contributed by atoms with E-state index in [4.69, 9.17) is 16.3 Å². The summed E-state index contributed by atoms with van der Waals surface area (Å²) in [5.74, 6) is 0.719. The summed E-state index contributed by atoms with van der Waals surface area (Å²) in [7, 11) is 0. The molecule has 1 saturated heterocycles. The predicted octanol–water partition coefficient (Wildman–Crippen LogP) is 4.10. The fourth-order valence-electron chi connectivity index (χ4n) is 3.19. The molecule has 1 aliphatic rings. The molecule has 3 heterocycles. The van der Waals surface area contributed by atoms with Crippen molar-refractivity contribution in [3.8, 4) is 16.9 Å². The second-order valence-electron chi connectivity index (χ2n) is 6.48. The van der Waals surface area contributed by atoms with Crippen molar-refractivity contribution in [2.45, 2.75) is 25.5 Å². The largest absolute Gasteiger partial charge is 0.487 e. The Bertz CT molecular complexity index is 874. The summed E-state index contributed by atoms with van der Waals surface area (Å²) in [6.07, 6.45) is 9.78. The molecule has 0 atom stereocenters. The molecule has 6 heteroatoms. The Balaban J connectivity index is 1.47. The average Bonchev–Trinajstić information content (AvgIpc) is 3.19. The zero-order chi connectivity index (χ0) is 17.8. The number of piperidine rings is 1. The molecule has 26 heavy (non-hydrogen) atoms. The number of benzene rings is 1. The summed E-state index contributed by atoms with van der Waals surface area (Å²) >= 11 is 6.18. The molecular formula is C20H21ClN4O. The Morgan fingerprint density at radius 2 is 1.96 bits per heavy atom. The lowest BCUT2D eigenvalue weighted by molar-refractivity contribution is 0.305. The molecule has 1 aliphatic heterocycles. The van der Waals surface area contributed by atoms with E-state index in [1.807, 2.05) is 42.7 Å². The number of nitrogens with one attached hydrogen (secondary N) is 1. The molecule has 3 aromatic rings. The van der Waals surface area contributed by atoms with E-state index in [2.05, 4.69) is 26.3 Å². The van der Waals surface area contributed by atoms with E-state index in [-0.39, 0.29) is 0 Å². The highest BCUT2D eigenvalue weighted by Crippen LogP contribution is 2.26. The molecule has 0 spiro atoms. The third-order valence-corrected chi connectivity index (χ3v) is 5.05. The van der Waals surface area contributed by atoms with Crippen LogP contribution in [0.2, 0.25) is 5.02 Å². The molecule has 1 fully saturated rings. The summed E-state index contributed by atoms with van der Waals surface area (Å²) in [5, 5.41) is 8.65. The van der Waals surface area contributed by atoms with Crippen molar-refractivity contribution in [3.05, 3.63) is 65.7 Å². The third-order valence-electron chi connectivity index (χ3n) is 4.68. The van der Waals surface area contributed by atoms with E-state index in [1.54, 1.807) is 6.20 Å². The lowest BCUT2D eigenvalue weighted by Crippen LogP contribution is -2.29. The first-order chi connectivity index (χ1) is 12.8. The highest BCUT2D eigenvalue weighted by atomic mass is 35.5. The monoisotopic (exact) mass is 368 g/mol. The molecule has 0 aliphatic carbocycles. The number of hydrogen-bond acceptors (Lipinski definition) is 4. The minimum Gasteiger partial charge on any atom is -0.487 e. The molecule has 1 aromatic carbocycles. The van der Waals surface area contributed by atoms with Crippen LogP contribution in [0, 0.1) is 0 Å². The van der Waals surface area contributed by atoms with Gasteiger partial charge in [0.25, 0.3) is 0 Å². The third kappa shape index (κ3) is 3.89. The number of rotatable bonds is 5. The Morgan fingerprint density at radius 3 is 2.81 bits per heavy atom. The molecule has 0 unspecified atom stereocenters. The van der Waals surface area contributed by atoms with Gasteiger partial charge < -0.3 is 10.1 Å². The standard InChI is InChI=1S/C20H21ClN4O/c21-20-4-2-1-3-15(20)14-26-19-9-16(10-23-12-19)17-11-24-25(13-17)18-5-7-22-8-6-18/h1-4,9-13,18,22H,5-8,14H2. The predicted molar refractivity (Wildman–Crippen MR) is 102 cm³/mol. The van der Waals surface area contributed by atoms with Gasteiger partial charge in [-0.15, -0.1) is 0 Å². The van der Waals surface area contributed by atoms with Crippen molar-refractivity contribution < 1.29 is 4.74 Å². The van der Waals surface area contributed by atoms with Gasteiger partial charge in [-0.25, -0.2) is 0 Å². The summed E-state index contributed by atoms with van der Waals surface area (Å²) < 4.78 is 7.95. The SMILES string of the molecule is Clc1ccccc1COc1cncc(-c2cnn(C3CCNCC3)c2)c1. The Morgan fingerprint density at radius 1 is 1.12 bits per heavy atom. The van der Waals surface area contributed by atoms with Crippen LogP contribution in [0.15, 0.2) is 55.1 Å². The topological polar surface area (TPSA) is 52.0 Å². The number of ether oxygens (including phenoxy) is 1. The van der Waals surface area contributed by atoms with Crippen molar-refractivity contribution in [2.75, 3.05) is 13.1 Å². The van der Waals surface area contributed by atoms with Gasteiger partial charge in [-0.1, -0.05) is 29.8 Å². The fourth-order valence-corrected chi connectivity index (χ4v) is 3.38. The highest BCUT2D eigenvalue weighted by Gasteiger charge is 2.16. The van der Waals surface area contributed by atoms with Crippen molar-refractivity contribution in [1.29, 1.82) is 0 Å². The van der Waals surface area contributed by atoms with E-state index >= 15 is 0 Å². The van der Waals surface area contributed by atoms with E-state index in [9.17, 15) is 0 Å². The van der Waals surface area contributed by atoms with Crippen LogP contribution in [0.25, 0.3) is 11.1 Å². The molecule has 4 rings (SSSR count). The Labute approximate surface area is 158 Å². The van der Waals surface area contributed by atoms with Gasteiger partial charge >= 0.3 is 0 Å². The average molecular weight is 369 g/mol. The first-order valence-corrected chi connectivity index (χ1v) is 9.24. The minimum absolute atomic E-state index is 0.416. The highest BCUT2D eigenvalue weighted by molar-refractivity contribution is 6.31.